The maximum absolute atomic E-state index is 12.6. The van der Waals surface area contributed by atoms with Gasteiger partial charge in [0.25, 0.3) is 5.91 Å². The van der Waals surface area contributed by atoms with Gasteiger partial charge in [-0.3, -0.25) is 9.59 Å². The Labute approximate surface area is 159 Å². The molecule has 1 heterocycles. The van der Waals surface area contributed by atoms with Crippen molar-refractivity contribution >= 4 is 17.5 Å². The predicted molar refractivity (Wildman–Crippen MR) is 103 cm³/mol. The maximum Gasteiger partial charge on any atom is 0.261 e. The Hall–Kier alpha value is -3.02. The van der Waals surface area contributed by atoms with E-state index < -0.39 is 0 Å². The van der Waals surface area contributed by atoms with Crippen molar-refractivity contribution in [2.75, 3.05) is 31.7 Å². The van der Waals surface area contributed by atoms with Crippen molar-refractivity contribution in [3.05, 3.63) is 54.1 Å². The van der Waals surface area contributed by atoms with Gasteiger partial charge in [0.1, 0.15) is 18.0 Å². The fraction of sp³-hybridized carbons (Fsp3) is 0.333. The molecule has 1 aliphatic heterocycles. The molecule has 0 N–H and O–H groups in total. The van der Waals surface area contributed by atoms with Crippen molar-refractivity contribution in [2.24, 2.45) is 0 Å². The van der Waals surface area contributed by atoms with E-state index in [0.717, 1.165) is 11.3 Å². The van der Waals surface area contributed by atoms with Crippen molar-refractivity contribution in [1.29, 1.82) is 0 Å². The Morgan fingerprint density at radius 2 is 1.89 bits per heavy atom. The van der Waals surface area contributed by atoms with Crippen LogP contribution < -0.4 is 14.4 Å². The molecule has 1 aliphatic rings. The standard InChI is InChI=1S/C21H24N2O4/c1-15-6-4-7-17(10-15)23-12-16(2)22(13-20(23)24)21(25)14-27-19-9-5-8-18(11-19)26-3/h4-11,16H,12-14H2,1-3H3. The molecule has 1 unspecified atom stereocenters. The first-order valence-corrected chi connectivity index (χ1v) is 8.91. The van der Waals surface area contributed by atoms with Crippen LogP contribution in [0, 0.1) is 6.92 Å². The second-order valence-corrected chi connectivity index (χ2v) is 6.68. The number of anilines is 1. The third-order valence-corrected chi connectivity index (χ3v) is 4.62. The van der Waals surface area contributed by atoms with Crippen LogP contribution in [0.4, 0.5) is 5.69 Å². The van der Waals surface area contributed by atoms with Gasteiger partial charge in [0.05, 0.1) is 7.11 Å². The first kappa shape index (κ1) is 18.8. The maximum atomic E-state index is 12.6. The summed E-state index contributed by atoms with van der Waals surface area (Å²) < 4.78 is 10.7. The molecule has 2 aromatic rings. The normalized spacial score (nSPS) is 17.0. The topological polar surface area (TPSA) is 59.1 Å². The van der Waals surface area contributed by atoms with Gasteiger partial charge in [-0.2, -0.15) is 0 Å². The number of hydrogen-bond donors (Lipinski definition) is 0. The van der Waals surface area contributed by atoms with Gasteiger partial charge in [0, 0.05) is 24.3 Å². The number of carbonyl (C=O) groups excluding carboxylic acids is 2. The van der Waals surface area contributed by atoms with Gasteiger partial charge in [-0.25, -0.2) is 0 Å². The van der Waals surface area contributed by atoms with Crippen molar-refractivity contribution in [3.8, 4) is 11.5 Å². The summed E-state index contributed by atoms with van der Waals surface area (Å²) in [6.45, 7) is 4.34. The Morgan fingerprint density at radius 3 is 2.63 bits per heavy atom. The summed E-state index contributed by atoms with van der Waals surface area (Å²) in [5.74, 6) is 0.923. The molecule has 0 saturated carbocycles. The second kappa shape index (κ2) is 8.12. The highest BCUT2D eigenvalue weighted by atomic mass is 16.5. The molecule has 1 saturated heterocycles. The zero-order valence-electron chi connectivity index (χ0n) is 15.8. The third kappa shape index (κ3) is 4.39. The van der Waals surface area contributed by atoms with Gasteiger partial charge in [-0.15, -0.1) is 0 Å². The van der Waals surface area contributed by atoms with Crippen LogP contribution in [0.25, 0.3) is 0 Å². The molecule has 2 aromatic carbocycles. The number of nitrogens with zero attached hydrogens (tertiary/aromatic N) is 2. The number of rotatable bonds is 5. The summed E-state index contributed by atoms with van der Waals surface area (Å²) in [4.78, 5) is 28.5. The van der Waals surface area contributed by atoms with Gasteiger partial charge in [-0.1, -0.05) is 18.2 Å². The quantitative estimate of drug-likeness (QED) is 0.814. The average Bonchev–Trinajstić information content (AvgIpc) is 2.67. The molecule has 0 spiro atoms. The van der Waals surface area contributed by atoms with Crippen molar-refractivity contribution in [3.63, 3.8) is 0 Å². The van der Waals surface area contributed by atoms with Crippen LogP contribution in [-0.4, -0.2) is 49.6 Å². The lowest BCUT2D eigenvalue weighted by Crippen LogP contribution is -2.58. The Morgan fingerprint density at radius 1 is 1.15 bits per heavy atom. The highest BCUT2D eigenvalue weighted by Gasteiger charge is 2.33. The molecular weight excluding hydrogens is 344 g/mol. The van der Waals surface area contributed by atoms with Crippen molar-refractivity contribution in [2.45, 2.75) is 19.9 Å². The number of aryl methyl sites for hydroxylation is 1. The minimum absolute atomic E-state index is 0.0510. The van der Waals surface area contributed by atoms with E-state index in [1.54, 1.807) is 41.2 Å². The van der Waals surface area contributed by atoms with Crippen LogP contribution in [0.3, 0.4) is 0 Å². The molecular formula is C21H24N2O4. The van der Waals surface area contributed by atoms with Crippen LogP contribution in [0.2, 0.25) is 0 Å². The number of benzene rings is 2. The van der Waals surface area contributed by atoms with E-state index in [2.05, 4.69) is 0 Å². The van der Waals surface area contributed by atoms with Gasteiger partial charge in [0.2, 0.25) is 5.91 Å². The van der Waals surface area contributed by atoms with E-state index >= 15 is 0 Å². The van der Waals surface area contributed by atoms with E-state index in [-0.39, 0.29) is 31.0 Å². The summed E-state index contributed by atoms with van der Waals surface area (Å²) >= 11 is 0. The third-order valence-electron chi connectivity index (χ3n) is 4.62. The molecule has 1 atom stereocenters. The summed E-state index contributed by atoms with van der Waals surface area (Å²) in [5, 5.41) is 0. The van der Waals surface area contributed by atoms with Crippen LogP contribution in [0.5, 0.6) is 11.5 Å². The minimum atomic E-state index is -0.206. The van der Waals surface area contributed by atoms with Crippen molar-refractivity contribution < 1.29 is 19.1 Å². The predicted octanol–water partition coefficient (Wildman–Crippen LogP) is 2.65. The van der Waals surface area contributed by atoms with Crippen LogP contribution in [-0.2, 0) is 9.59 Å². The summed E-state index contributed by atoms with van der Waals surface area (Å²) in [6.07, 6.45) is 0. The molecule has 3 rings (SSSR count). The zero-order valence-corrected chi connectivity index (χ0v) is 15.8. The summed E-state index contributed by atoms with van der Waals surface area (Å²) in [6, 6.07) is 14.8. The SMILES string of the molecule is COc1cccc(OCC(=O)N2CC(=O)N(c3cccc(C)c3)CC2C)c1. The van der Waals surface area contributed by atoms with E-state index in [1.165, 1.54) is 0 Å². The first-order chi connectivity index (χ1) is 13.0. The smallest absolute Gasteiger partial charge is 0.261 e. The Bertz CT molecular complexity index is 836. The molecule has 0 bridgehead atoms. The Balaban J connectivity index is 1.62. The molecule has 1 fully saturated rings. The first-order valence-electron chi connectivity index (χ1n) is 8.91. The van der Waals surface area contributed by atoms with Gasteiger partial charge in [0.15, 0.2) is 6.61 Å². The second-order valence-electron chi connectivity index (χ2n) is 6.68. The number of ether oxygens (including phenoxy) is 2. The molecule has 142 valence electrons. The highest BCUT2D eigenvalue weighted by Crippen LogP contribution is 2.22. The van der Waals surface area contributed by atoms with E-state index in [4.69, 9.17) is 9.47 Å². The monoisotopic (exact) mass is 368 g/mol. The minimum Gasteiger partial charge on any atom is -0.497 e. The molecule has 2 amide bonds. The van der Waals surface area contributed by atoms with E-state index in [9.17, 15) is 9.59 Å². The highest BCUT2D eigenvalue weighted by molar-refractivity contribution is 5.98. The molecule has 27 heavy (non-hydrogen) atoms. The number of carbonyl (C=O) groups is 2. The summed E-state index contributed by atoms with van der Waals surface area (Å²) in [5.41, 5.74) is 1.96. The molecule has 0 aromatic heterocycles. The van der Waals surface area contributed by atoms with E-state index in [0.29, 0.717) is 18.0 Å². The number of hydrogen-bond acceptors (Lipinski definition) is 4. The van der Waals surface area contributed by atoms with Gasteiger partial charge >= 0.3 is 0 Å². The number of methoxy groups -OCH3 is 1. The lowest BCUT2D eigenvalue weighted by molar-refractivity contribution is -0.141. The Kier molecular flexibility index (Phi) is 5.64. The van der Waals surface area contributed by atoms with Gasteiger partial charge in [-0.05, 0) is 43.7 Å². The van der Waals surface area contributed by atoms with Gasteiger partial charge < -0.3 is 19.3 Å². The number of piperazine rings is 1. The molecule has 6 heteroatoms. The lowest BCUT2D eigenvalue weighted by atomic mass is 10.1. The van der Waals surface area contributed by atoms with E-state index in [1.807, 2.05) is 38.1 Å². The molecule has 0 aliphatic carbocycles. The zero-order chi connectivity index (χ0) is 19.4. The van der Waals surface area contributed by atoms with Crippen molar-refractivity contribution in [1.82, 2.24) is 4.90 Å². The molecule has 6 nitrogen and oxygen atoms in total. The fourth-order valence-electron chi connectivity index (χ4n) is 3.15. The summed E-state index contributed by atoms with van der Waals surface area (Å²) in [7, 11) is 1.57. The average molecular weight is 368 g/mol. The largest absolute Gasteiger partial charge is 0.497 e. The van der Waals surface area contributed by atoms with Crippen LogP contribution in [0.1, 0.15) is 12.5 Å². The molecule has 0 radical (unpaired) electrons. The lowest BCUT2D eigenvalue weighted by Gasteiger charge is -2.39. The van der Waals surface area contributed by atoms with Crippen LogP contribution in [0.15, 0.2) is 48.5 Å². The fourth-order valence-corrected chi connectivity index (χ4v) is 3.15. The van der Waals surface area contributed by atoms with Crippen LogP contribution >= 0.6 is 0 Å². The number of amides is 2.